The van der Waals surface area contributed by atoms with Crippen molar-refractivity contribution in [2.75, 3.05) is 13.6 Å². The highest BCUT2D eigenvalue weighted by Gasteiger charge is 2.43. The lowest BCUT2D eigenvalue weighted by molar-refractivity contribution is -0.132. The fourth-order valence-electron chi connectivity index (χ4n) is 1.75. The molecule has 2 N–H and O–H groups in total. The molecule has 1 unspecified atom stereocenters. The van der Waals surface area contributed by atoms with Crippen LogP contribution < -0.4 is 10.6 Å². The normalized spacial score (nSPS) is 25.6. The van der Waals surface area contributed by atoms with Gasteiger partial charge < -0.3 is 15.4 Å². The van der Waals surface area contributed by atoms with E-state index in [0.29, 0.717) is 19.4 Å². The maximum absolute atomic E-state index is 11.6. The zero-order valence-corrected chi connectivity index (χ0v) is 8.13. The molecule has 0 aliphatic carbocycles. The van der Waals surface area contributed by atoms with Crippen LogP contribution in [0.15, 0.2) is 0 Å². The molecule has 5 heteroatoms. The molecule has 1 saturated heterocycles. The largest absolute Gasteiger partial charge is 0.359 e. The van der Waals surface area contributed by atoms with Crippen molar-refractivity contribution in [3.8, 4) is 0 Å². The summed E-state index contributed by atoms with van der Waals surface area (Å²) in [4.78, 5) is 32.9. The maximum atomic E-state index is 11.6. The number of hydrogen-bond donors (Lipinski definition) is 2. The first kappa shape index (κ1) is 10.7. The number of amides is 2. The standard InChI is InChI=1S/C9H14N2O3/c1-10-8(14)9(3-2-4-12)5-7(13)11-6-9/h4H,2-3,5-6H2,1H3,(H,10,14)(H,11,13). The number of carbonyl (C=O) groups is 3. The van der Waals surface area contributed by atoms with Crippen LogP contribution in [0.5, 0.6) is 0 Å². The molecule has 1 heterocycles. The molecular weight excluding hydrogens is 184 g/mol. The fourth-order valence-corrected chi connectivity index (χ4v) is 1.75. The average Bonchev–Trinajstić information content (AvgIpc) is 2.57. The molecule has 0 spiro atoms. The smallest absolute Gasteiger partial charge is 0.228 e. The Balaban J connectivity index is 2.74. The number of hydrogen-bond acceptors (Lipinski definition) is 3. The van der Waals surface area contributed by atoms with Crippen LogP contribution in [0, 0.1) is 5.41 Å². The minimum atomic E-state index is -0.716. The van der Waals surface area contributed by atoms with Crippen molar-refractivity contribution in [3.63, 3.8) is 0 Å². The van der Waals surface area contributed by atoms with Crippen molar-refractivity contribution in [2.45, 2.75) is 19.3 Å². The Hall–Kier alpha value is -1.39. The SMILES string of the molecule is CNC(=O)C1(CCC=O)CNC(=O)C1. The summed E-state index contributed by atoms with van der Waals surface area (Å²) in [7, 11) is 1.54. The molecular formula is C9H14N2O3. The summed E-state index contributed by atoms with van der Waals surface area (Å²) in [5, 5.41) is 5.15. The van der Waals surface area contributed by atoms with E-state index in [-0.39, 0.29) is 18.2 Å². The zero-order chi connectivity index (χ0) is 10.6. The van der Waals surface area contributed by atoms with Crippen LogP contribution >= 0.6 is 0 Å². The molecule has 5 nitrogen and oxygen atoms in total. The van der Waals surface area contributed by atoms with Gasteiger partial charge in [0, 0.05) is 26.4 Å². The fraction of sp³-hybridized carbons (Fsp3) is 0.667. The van der Waals surface area contributed by atoms with E-state index in [1.54, 1.807) is 0 Å². The van der Waals surface area contributed by atoms with Crippen LogP contribution in [0.4, 0.5) is 0 Å². The molecule has 0 bridgehead atoms. The van der Waals surface area contributed by atoms with Crippen molar-refractivity contribution in [1.82, 2.24) is 10.6 Å². The molecule has 0 aromatic carbocycles. The highest BCUT2D eigenvalue weighted by Crippen LogP contribution is 2.31. The van der Waals surface area contributed by atoms with E-state index < -0.39 is 5.41 Å². The second-order valence-electron chi connectivity index (χ2n) is 3.52. The third-order valence-corrected chi connectivity index (χ3v) is 2.57. The van der Waals surface area contributed by atoms with Crippen LogP contribution in [-0.4, -0.2) is 31.7 Å². The van der Waals surface area contributed by atoms with E-state index in [2.05, 4.69) is 10.6 Å². The van der Waals surface area contributed by atoms with Gasteiger partial charge in [-0.25, -0.2) is 0 Å². The highest BCUT2D eigenvalue weighted by molar-refractivity contribution is 5.92. The second-order valence-corrected chi connectivity index (χ2v) is 3.52. The van der Waals surface area contributed by atoms with Gasteiger partial charge in [-0.15, -0.1) is 0 Å². The average molecular weight is 198 g/mol. The third-order valence-electron chi connectivity index (χ3n) is 2.57. The van der Waals surface area contributed by atoms with Crippen molar-refractivity contribution in [3.05, 3.63) is 0 Å². The van der Waals surface area contributed by atoms with Crippen molar-refractivity contribution < 1.29 is 14.4 Å². The number of nitrogens with one attached hydrogen (secondary N) is 2. The first-order chi connectivity index (χ1) is 6.64. The highest BCUT2D eigenvalue weighted by atomic mass is 16.2. The van der Waals surface area contributed by atoms with Crippen LogP contribution in [-0.2, 0) is 14.4 Å². The van der Waals surface area contributed by atoms with Gasteiger partial charge in [-0.1, -0.05) is 0 Å². The monoisotopic (exact) mass is 198 g/mol. The van der Waals surface area contributed by atoms with Gasteiger partial charge in [0.1, 0.15) is 6.29 Å². The lowest BCUT2D eigenvalue weighted by atomic mass is 9.81. The summed E-state index contributed by atoms with van der Waals surface area (Å²) in [6.45, 7) is 0.333. The van der Waals surface area contributed by atoms with Gasteiger partial charge in [0.2, 0.25) is 11.8 Å². The van der Waals surface area contributed by atoms with E-state index in [1.165, 1.54) is 7.05 Å². The summed E-state index contributed by atoms with van der Waals surface area (Å²) in [6, 6.07) is 0. The summed E-state index contributed by atoms with van der Waals surface area (Å²) in [5.41, 5.74) is -0.716. The van der Waals surface area contributed by atoms with Gasteiger partial charge in [0.15, 0.2) is 0 Å². The molecule has 14 heavy (non-hydrogen) atoms. The Labute approximate surface area is 82.2 Å². The molecule has 1 atom stereocenters. The van der Waals surface area contributed by atoms with E-state index in [1.807, 2.05) is 0 Å². The summed E-state index contributed by atoms with van der Waals surface area (Å²) < 4.78 is 0. The molecule has 0 aromatic rings. The molecule has 1 aliphatic rings. The number of carbonyl (C=O) groups excluding carboxylic acids is 3. The zero-order valence-electron chi connectivity index (χ0n) is 8.13. The Morgan fingerprint density at radius 1 is 1.71 bits per heavy atom. The Bertz CT molecular complexity index is 265. The lowest BCUT2D eigenvalue weighted by Crippen LogP contribution is -2.41. The van der Waals surface area contributed by atoms with Crippen molar-refractivity contribution >= 4 is 18.1 Å². The molecule has 0 aromatic heterocycles. The van der Waals surface area contributed by atoms with Crippen LogP contribution in [0.3, 0.4) is 0 Å². The topological polar surface area (TPSA) is 75.3 Å². The number of aldehydes is 1. The van der Waals surface area contributed by atoms with Crippen LogP contribution in [0.25, 0.3) is 0 Å². The molecule has 1 aliphatic heterocycles. The quantitative estimate of drug-likeness (QED) is 0.582. The molecule has 2 amide bonds. The van der Waals surface area contributed by atoms with E-state index in [4.69, 9.17) is 0 Å². The number of rotatable bonds is 4. The molecule has 78 valence electrons. The Morgan fingerprint density at radius 2 is 2.43 bits per heavy atom. The van der Waals surface area contributed by atoms with Gasteiger partial charge in [0.25, 0.3) is 0 Å². The van der Waals surface area contributed by atoms with Gasteiger partial charge in [-0.3, -0.25) is 9.59 Å². The van der Waals surface area contributed by atoms with Gasteiger partial charge in [0.05, 0.1) is 5.41 Å². The third kappa shape index (κ3) is 1.92. The first-order valence-electron chi connectivity index (χ1n) is 4.57. The first-order valence-corrected chi connectivity index (χ1v) is 4.57. The minimum Gasteiger partial charge on any atom is -0.359 e. The maximum Gasteiger partial charge on any atom is 0.228 e. The molecule has 1 fully saturated rings. The van der Waals surface area contributed by atoms with Crippen LogP contribution in [0.1, 0.15) is 19.3 Å². The predicted molar refractivity (Wildman–Crippen MR) is 49.4 cm³/mol. The van der Waals surface area contributed by atoms with E-state index in [0.717, 1.165) is 6.29 Å². The van der Waals surface area contributed by atoms with Gasteiger partial charge >= 0.3 is 0 Å². The Morgan fingerprint density at radius 3 is 2.86 bits per heavy atom. The van der Waals surface area contributed by atoms with Crippen LogP contribution in [0.2, 0.25) is 0 Å². The van der Waals surface area contributed by atoms with Crippen molar-refractivity contribution in [1.29, 1.82) is 0 Å². The van der Waals surface area contributed by atoms with Gasteiger partial charge in [-0.05, 0) is 6.42 Å². The molecule has 1 rings (SSSR count). The summed E-state index contributed by atoms with van der Waals surface area (Å²) in [5.74, 6) is -0.294. The molecule has 0 radical (unpaired) electrons. The van der Waals surface area contributed by atoms with Crippen molar-refractivity contribution in [2.24, 2.45) is 5.41 Å². The predicted octanol–water partition coefficient (Wildman–Crippen LogP) is -0.782. The minimum absolute atomic E-state index is 0.125. The summed E-state index contributed by atoms with van der Waals surface area (Å²) >= 11 is 0. The molecule has 0 saturated carbocycles. The van der Waals surface area contributed by atoms with E-state index >= 15 is 0 Å². The second kappa shape index (κ2) is 4.21. The van der Waals surface area contributed by atoms with Gasteiger partial charge in [-0.2, -0.15) is 0 Å². The van der Waals surface area contributed by atoms with E-state index in [9.17, 15) is 14.4 Å². The Kier molecular flexibility index (Phi) is 3.22. The lowest BCUT2D eigenvalue weighted by Gasteiger charge is -2.23. The summed E-state index contributed by atoms with van der Waals surface area (Å²) in [6.07, 6.45) is 1.69.